The Balaban J connectivity index is 0.00000364. The first kappa shape index (κ1) is 23.4. The number of nitrogens with one attached hydrogen (secondary N) is 2. The quantitative estimate of drug-likeness (QED) is 0.324. The number of ether oxygens (including phenoxy) is 1. The fraction of sp³-hybridized carbons (Fsp3) is 0.526. The van der Waals surface area contributed by atoms with Gasteiger partial charge in [0.2, 0.25) is 0 Å². The van der Waals surface area contributed by atoms with Gasteiger partial charge < -0.3 is 15.4 Å². The lowest BCUT2D eigenvalue weighted by Crippen LogP contribution is -2.38. The number of benzene rings is 1. The summed E-state index contributed by atoms with van der Waals surface area (Å²) in [6, 6.07) is 8.19. The Kier molecular flexibility index (Phi) is 11.0. The van der Waals surface area contributed by atoms with Gasteiger partial charge in [0.05, 0.1) is 11.8 Å². The van der Waals surface area contributed by atoms with Gasteiger partial charge in [0.15, 0.2) is 5.96 Å². The van der Waals surface area contributed by atoms with Crippen LogP contribution in [-0.2, 0) is 11.3 Å². The number of halogens is 1. The molecule has 0 aliphatic heterocycles. The maximum Gasteiger partial charge on any atom is 0.191 e. The van der Waals surface area contributed by atoms with Crippen LogP contribution >= 0.6 is 24.0 Å². The van der Waals surface area contributed by atoms with Crippen molar-refractivity contribution in [1.82, 2.24) is 25.4 Å². The molecule has 27 heavy (non-hydrogen) atoms. The van der Waals surface area contributed by atoms with Gasteiger partial charge in [0.1, 0.15) is 12.7 Å². The number of aromatic nitrogens is 3. The lowest BCUT2D eigenvalue weighted by molar-refractivity contribution is 0.0258. The van der Waals surface area contributed by atoms with E-state index in [2.05, 4.69) is 51.7 Å². The Bertz CT molecular complexity index is 657. The van der Waals surface area contributed by atoms with Crippen LogP contribution in [-0.4, -0.2) is 47.0 Å². The molecule has 7 nitrogen and oxygen atoms in total. The highest BCUT2D eigenvalue weighted by Crippen LogP contribution is 2.10. The molecule has 0 bridgehead atoms. The Morgan fingerprint density at radius 2 is 1.96 bits per heavy atom. The predicted octanol–water partition coefficient (Wildman–Crippen LogP) is 3.00. The fourth-order valence-electron chi connectivity index (χ4n) is 2.67. The van der Waals surface area contributed by atoms with E-state index in [9.17, 15) is 0 Å². The summed E-state index contributed by atoms with van der Waals surface area (Å²) in [4.78, 5) is 8.24. The molecule has 1 atom stereocenters. The van der Waals surface area contributed by atoms with E-state index in [4.69, 9.17) is 4.74 Å². The van der Waals surface area contributed by atoms with E-state index in [1.165, 1.54) is 11.9 Å². The van der Waals surface area contributed by atoms with Crippen molar-refractivity contribution >= 4 is 29.9 Å². The van der Waals surface area contributed by atoms with Crippen LogP contribution in [0.5, 0.6) is 0 Å². The number of hydrogen-bond donors (Lipinski definition) is 2. The van der Waals surface area contributed by atoms with E-state index < -0.39 is 0 Å². The highest BCUT2D eigenvalue weighted by atomic mass is 127. The molecule has 8 heteroatoms. The minimum atomic E-state index is 0. The van der Waals surface area contributed by atoms with Gasteiger partial charge in [-0.25, -0.2) is 9.67 Å². The van der Waals surface area contributed by atoms with Crippen LogP contribution in [0, 0.1) is 5.92 Å². The first-order valence-electron chi connectivity index (χ1n) is 9.14. The Labute approximate surface area is 179 Å². The van der Waals surface area contributed by atoms with Crippen molar-refractivity contribution in [3.8, 4) is 5.69 Å². The molecule has 1 aromatic carbocycles. The first-order chi connectivity index (χ1) is 12.6. The number of guanidine groups is 1. The minimum absolute atomic E-state index is 0. The molecule has 150 valence electrons. The van der Waals surface area contributed by atoms with Crippen LogP contribution in [0.1, 0.15) is 32.8 Å². The second-order valence-corrected chi connectivity index (χ2v) is 6.39. The maximum atomic E-state index is 5.78. The average Bonchev–Trinajstić information content (AvgIpc) is 3.18. The van der Waals surface area contributed by atoms with E-state index in [1.54, 1.807) is 18.1 Å². The van der Waals surface area contributed by atoms with Crippen LogP contribution < -0.4 is 10.6 Å². The fourth-order valence-corrected chi connectivity index (χ4v) is 2.67. The maximum absolute atomic E-state index is 5.78. The molecule has 1 heterocycles. The van der Waals surface area contributed by atoms with Crippen LogP contribution in [0.15, 0.2) is 41.9 Å². The summed E-state index contributed by atoms with van der Waals surface area (Å²) in [6.07, 6.45) is 4.44. The van der Waals surface area contributed by atoms with Crippen molar-refractivity contribution in [1.29, 1.82) is 0 Å². The Morgan fingerprint density at radius 1 is 1.22 bits per heavy atom. The van der Waals surface area contributed by atoms with Gasteiger partial charge in [-0.3, -0.25) is 4.99 Å². The predicted molar refractivity (Wildman–Crippen MR) is 120 cm³/mol. The summed E-state index contributed by atoms with van der Waals surface area (Å²) in [5, 5.41) is 10.8. The third kappa shape index (κ3) is 7.84. The summed E-state index contributed by atoms with van der Waals surface area (Å²) < 4.78 is 7.52. The van der Waals surface area contributed by atoms with Gasteiger partial charge in [-0.2, -0.15) is 5.10 Å². The molecule has 1 aromatic heterocycles. The molecule has 0 radical (unpaired) electrons. The van der Waals surface area contributed by atoms with Gasteiger partial charge in [0.25, 0.3) is 0 Å². The van der Waals surface area contributed by atoms with Gasteiger partial charge in [0, 0.05) is 26.7 Å². The Morgan fingerprint density at radius 3 is 2.52 bits per heavy atom. The summed E-state index contributed by atoms with van der Waals surface area (Å²) in [5.41, 5.74) is 2.16. The van der Waals surface area contributed by atoms with Crippen LogP contribution in [0.3, 0.4) is 0 Å². The van der Waals surface area contributed by atoms with Gasteiger partial charge in [-0.15, -0.1) is 24.0 Å². The number of rotatable bonds is 9. The first-order valence-corrected chi connectivity index (χ1v) is 9.14. The smallest absolute Gasteiger partial charge is 0.191 e. The molecule has 2 N–H and O–H groups in total. The third-order valence-corrected chi connectivity index (χ3v) is 4.15. The summed E-state index contributed by atoms with van der Waals surface area (Å²) >= 11 is 0. The molecule has 0 fully saturated rings. The van der Waals surface area contributed by atoms with Gasteiger partial charge >= 0.3 is 0 Å². The van der Waals surface area contributed by atoms with Crippen LogP contribution in [0.2, 0.25) is 0 Å². The normalized spacial score (nSPS) is 12.6. The second-order valence-electron chi connectivity index (χ2n) is 6.39. The monoisotopic (exact) mass is 486 g/mol. The summed E-state index contributed by atoms with van der Waals surface area (Å²) in [7, 11) is 1.78. The van der Waals surface area contributed by atoms with Crippen molar-refractivity contribution < 1.29 is 4.74 Å². The van der Waals surface area contributed by atoms with Crippen molar-refractivity contribution in [2.24, 2.45) is 10.9 Å². The topological polar surface area (TPSA) is 76.4 Å². The van der Waals surface area contributed by atoms with E-state index >= 15 is 0 Å². The van der Waals surface area contributed by atoms with Gasteiger partial charge in [-0.1, -0.05) is 26.0 Å². The number of nitrogens with zero attached hydrogens (tertiary/aromatic N) is 4. The van der Waals surface area contributed by atoms with Crippen molar-refractivity contribution in [3.63, 3.8) is 0 Å². The van der Waals surface area contributed by atoms with E-state index in [1.807, 2.05) is 19.1 Å². The van der Waals surface area contributed by atoms with Crippen LogP contribution in [0.25, 0.3) is 5.69 Å². The van der Waals surface area contributed by atoms with Crippen LogP contribution in [0.4, 0.5) is 0 Å². The summed E-state index contributed by atoms with van der Waals surface area (Å²) in [6.45, 7) is 8.70. The molecule has 0 amide bonds. The molecule has 0 aliphatic rings. The largest absolute Gasteiger partial charge is 0.378 e. The molecule has 0 saturated heterocycles. The molecular formula is C19H31IN6O. The zero-order valence-corrected chi connectivity index (χ0v) is 18.9. The van der Waals surface area contributed by atoms with Crippen molar-refractivity contribution in [2.75, 3.05) is 20.2 Å². The Hall–Kier alpha value is -1.68. The standard InChI is InChI=1S/C19H30N6O.HI/c1-5-26-18(15(2)3)10-11-22-19(20-4)23-12-16-6-8-17(9-7-16)25-14-21-13-24-25;/h6-9,13-15,18H,5,10-12H2,1-4H3,(H2,20,22,23);1H. The highest BCUT2D eigenvalue weighted by Gasteiger charge is 2.12. The number of aliphatic imine (C=N–C) groups is 1. The molecule has 1 unspecified atom stereocenters. The molecule has 2 aromatic rings. The SMILES string of the molecule is CCOC(CCNC(=NC)NCc1ccc(-n2cncn2)cc1)C(C)C.I. The molecule has 0 aliphatic carbocycles. The van der Waals surface area contributed by atoms with Crippen molar-refractivity contribution in [2.45, 2.75) is 39.8 Å². The summed E-state index contributed by atoms with van der Waals surface area (Å²) in [5.74, 6) is 1.31. The van der Waals surface area contributed by atoms with E-state index in [0.717, 1.165) is 31.2 Å². The zero-order chi connectivity index (χ0) is 18.8. The minimum Gasteiger partial charge on any atom is -0.378 e. The van der Waals surface area contributed by atoms with Crippen molar-refractivity contribution in [3.05, 3.63) is 42.5 Å². The molecule has 0 saturated carbocycles. The number of hydrogen-bond acceptors (Lipinski definition) is 4. The average molecular weight is 486 g/mol. The lowest BCUT2D eigenvalue weighted by Gasteiger charge is -2.21. The zero-order valence-electron chi connectivity index (χ0n) is 16.6. The molecule has 0 spiro atoms. The third-order valence-electron chi connectivity index (χ3n) is 4.15. The highest BCUT2D eigenvalue weighted by molar-refractivity contribution is 14.0. The van der Waals surface area contributed by atoms with Gasteiger partial charge in [-0.05, 0) is 37.0 Å². The molecular weight excluding hydrogens is 455 g/mol. The van der Waals surface area contributed by atoms with E-state index in [0.29, 0.717) is 12.5 Å². The second kappa shape index (κ2) is 12.7. The lowest BCUT2D eigenvalue weighted by atomic mass is 10.0. The molecule has 2 rings (SSSR count). The van der Waals surface area contributed by atoms with E-state index in [-0.39, 0.29) is 30.1 Å².